The van der Waals surface area contributed by atoms with Gasteiger partial charge in [-0.1, -0.05) is 127 Å². The average molecular weight is 722 g/mol. The maximum absolute atomic E-state index is 4.13. The maximum Gasteiger partial charge on any atom is 0.116 e. The molecule has 3 aromatic heterocycles. The minimum absolute atomic E-state index is 1.11. The normalized spacial score (nSPS) is 11.7. The molecule has 10 aromatic rings. The summed E-state index contributed by atoms with van der Waals surface area (Å²) >= 11 is 5.97. The van der Waals surface area contributed by atoms with Gasteiger partial charge in [-0.25, -0.2) is 0 Å². The summed E-state index contributed by atoms with van der Waals surface area (Å²) in [5.74, 6) is 0. The van der Waals surface area contributed by atoms with Crippen molar-refractivity contribution in [2.24, 2.45) is 0 Å². The summed E-state index contributed by atoms with van der Waals surface area (Å²) in [4.78, 5) is 1.25. The third-order valence-electron chi connectivity index (χ3n) is 9.83. The highest BCUT2D eigenvalue weighted by Gasteiger charge is 2.23. The van der Waals surface area contributed by atoms with Crippen molar-refractivity contribution in [2.75, 3.05) is 0 Å². The summed E-state index contributed by atoms with van der Waals surface area (Å²) in [6, 6.07) is 63.5. The molecule has 2 nitrogen and oxygen atoms in total. The second-order valence-electron chi connectivity index (χ2n) is 12.7. The zero-order valence-electron chi connectivity index (χ0n) is 26.9. The Hall–Kier alpha value is -5.68. The van der Waals surface area contributed by atoms with Crippen LogP contribution in [0.25, 0.3) is 87.0 Å². The van der Waals surface area contributed by atoms with Gasteiger partial charge in [0.25, 0.3) is 0 Å². The van der Waals surface area contributed by atoms with Crippen LogP contribution in [0.4, 0.5) is 0 Å². The number of para-hydroxylation sites is 3. The summed E-state index contributed by atoms with van der Waals surface area (Å²) < 4.78 is 5.93. The van der Waals surface area contributed by atoms with Crippen molar-refractivity contribution in [1.82, 2.24) is 9.13 Å². The number of halogens is 1. The molecule has 0 bridgehead atoms. The Labute approximate surface area is 302 Å². The highest BCUT2D eigenvalue weighted by atomic mass is 79.9. The highest BCUT2D eigenvalue weighted by molar-refractivity contribution is 9.10. The molecule has 0 radical (unpaired) electrons. The van der Waals surface area contributed by atoms with Crippen LogP contribution in [0.2, 0.25) is 0 Å². The predicted molar refractivity (Wildman–Crippen MR) is 217 cm³/mol. The Morgan fingerprint density at radius 3 is 1.44 bits per heavy atom. The molecule has 0 fully saturated rings. The molecular weight excluding hydrogens is 692 g/mol. The predicted octanol–water partition coefficient (Wildman–Crippen LogP) is 13.7. The molecule has 0 atom stereocenters. The Bertz CT molecular complexity index is 2860. The van der Waals surface area contributed by atoms with E-state index >= 15 is 0 Å². The summed E-state index contributed by atoms with van der Waals surface area (Å²) in [6.07, 6.45) is 0. The number of hydrogen-bond acceptors (Lipinski definition) is 1. The van der Waals surface area contributed by atoms with Gasteiger partial charge in [-0.15, -0.1) is 11.3 Å². The smallest absolute Gasteiger partial charge is 0.116 e. The van der Waals surface area contributed by atoms with E-state index in [1.54, 1.807) is 0 Å². The Morgan fingerprint density at radius 1 is 0.380 bits per heavy atom. The SMILES string of the molecule is Brc1c(-n2c3ccccc3c3cc(-c4ccc5c(c4)c4ccccc4n5-c4ccccc4)ccc32)sc(-c2ccccc2)c1-c1ccccc1. The van der Waals surface area contributed by atoms with Crippen molar-refractivity contribution in [3.8, 4) is 43.4 Å². The zero-order valence-corrected chi connectivity index (χ0v) is 29.3. The van der Waals surface area contributed by atoms with E-state index in [0.717, 1.165) is 4.47 Å². The van der Waals surface area contributed by atoms with E-state index in [1.165, 1.54) is 87.0 Å². The van der Waals surface area contributed by atoms with Crippen LogP contribution in [-0.4, -0.2) is 9.13 Å². The average Bonchev–Trinajstić information content (AvgIpc) is 3.82. The van der Waals surface area contributed by atoms with Gasteiger partial charge in [-0.05, 0) is 86.7 Å². The molecular formula is C46H29BrN2S. The number of thiophene rings is 1. The van der Waals surface area contributed by atoms with Crippen molar-refractivity contribution < 1.29 is 0 Å². The molecule has 0 unspecified atom stereocenters. The number of fused-ring (bicyclic) bond motifs is 6. The zero-order chi connectivity index (χ0) is 33.2. The molecule has 10 rings (SSSR count). The molecule has 3 heterocycles. The second kappa shape index (κ2) is 11.7. The first kappa shape index (κ1) is 29.3. The lowest BCUT2D eigenvalue weighted by molar-refractivity contribution is 1.18. The lowest BCUT2D eigenvalue weighted by atomic mass is 10.0. The summed E-state index contributed by atoms with van der Waals surface area (Å²) in [5, 5.41) is 6.18. The van der Waals surface area contributed by atoms with Crippen LogP contribution in [0, 0.1) is 0 Å². The van der Waals surface area contributed by atoms with Crippen LogP contribution in [0.3, 0.4) is 0 Å². The van der Waals surface area contributed by atoms with E-state index < -0.39 is 0 Å². The van der Waals surface area contributed by atoms with Gasteiger partial charge in [0.2, 0.25) is 0 Å². The molecule has 0 aliphatic rings. The van der Waals surface area contributed by atoms with E-state index in [1.807, 2.05) is 11.3 Å². The Morgan fingerprint density at radius 2 is 0.840 bits per heavy atom. The lowest BCUT2D eigenvalue weighted by Crippen LogP contribution is -1.93. The van der Waals surface area contributed by atoms with Crippen LogP contribution in [0.1, 0.15) is 0 Å². The van der Waals surface area contributed by atoms with Gasteiger partial charge in [-0.3, -0.25) is 4.57 Å². The standard InChI is InChI=1S/C46H29BrN2S/c47-44-43(30-14-4-1-5-15-30)45(31-16-6-2-7-17-31)50-46(44)49-40-23-13-11-21-36(40)38-29-33(25-27-42(38)49)32-24-26-41-37(28-32)35-20-10-12-22-39(35)48(41)34-18-8-3-9-19-34/h1-29H. The topological polar surface area (TPSA) is 9.86 Å². The number of rotatable bonds is 5. The number of benzene rings is 7. The molecule has 0 aliphatic heterocycles. The molecule has 0 amide bonds. The molecule has 0 N–H and O–H groups in total. The Kier molecular flexibility index (Phi) is 6.86. The van der Waals surface area contributed by atoms with Crippen molar-refractivity contribution in [1.29, 1.82) is 0 Å². The number of nitrogens with zero attached hydrogens (tertiary/aromatic N) is 2. The minimum atomic E-state index is 1.11. The first-order chi connectivity index (χ1) is 24.7. The fraction of sp³-hybridized carbons (Fsp3) is 0. The van der Waals surface area contributed by atoms with Crippen LogP contribution >= 0.6 is 27.3 Å². The van der Waals surface area contributed by atoms with Gasteiger partial charge in [0.05, 0.1) is 26.5 Å². The van der Waals surface area contributed by atoms with Crippen molar-refractivity contribution >= 4 is 70.9 Å². The molecule has 0 aliphatic carbocycles. The fourth-order valence-electron chi connectivity index (χ4n) is 7.58. The molecule has 7 aromatic carbocycles. The van der Waals surface area contributed by atoms with Crippen LogP contribution in [-0.2, 0) is 0 Å². The minimum Gasteiger partial charge on any atom is -0.309 e. The maximum atomic E-state index is 4.13. The second-order valence-corrected chi connectivity index (χ2v) is 14.5. The lowest BCUT2D eigenvalue weighted by Gasteiger charge is -2.09. The third kappa shape index (κ3) is 4.53. The van der Waals surface area contributed by atoms with Crippen molar-refractivity contribution in [3.05, 3.63) is 180 Å². The fourth-order valence-corrected chi connectivity index (χ4v) is 9.80. The van der Waals surface area contributed by atoms with Crippen molar-refractivity contribution in [3.63, 3.8) is 0 Å². The molecule has 0 spiro atoms. The molecule has 4 heteroatoms. The number of aromatic nitrogens is 2. The summed E-state index contributed by atoms with van der Waals surface area (Å²) in [5.41, 5.74) is 12.1. The molecule has 50 heavy (non-hydrogen) atoms. The monoisotopic (exact) mass is 720 g/mol. The third-order valence-corrected chi connectivity index (χ3v) is 12.1. The van der Waals surface area contributed by atoms with Gasteiger partial charge in [0.1, 0.15) is 5.00 Å². The van der Waals surface area contributed by atoms with Gasteiger partial charge >= 0.3 is 0 Å². The first-order valence-electron chi connectivity index (χ1n) is 16.8. The van der Waals surface area contributed by atoms with Gasteiger partial charge in [-0.2, -0.15) is 0 Å². The van der Waals surface area contributed by atoms with E-state index in [0.29, 0.717) is 0 Å². The molecule has 0 saturated heterocycles. The summed E-state index contributed by atoms with van der Waals surface area (Å²) in [6.45, 7) is 0. The van der Waals surface area contributed by atoms with E-state index in [2.05, 4.69) is 201 Å². The number of hydrogen-bond donors (Lipinski definition) is 0. The van der Waals surface area contributed by atoms with Gasteiger partial charge in [0, 0.05) is 37.7 Å². The van der Waals surface area contributed by atoms with Crippen LogP contribution in [0.5, 0.6) is 0 Å². The van der Waals surface area contributed by atoms with Gasteiger partial charge < -0.3 is 4.57 Å². The quantitative estimate of drug-likeness (QED) is 0.167. The largest absolute Gasteiger partial charge is 0.309 e. The van der Waals surface area contributed by atoms with Crippen LogP contribution in [0.15, 0.2) is 180 Å². The molecule has 0 saturated carbocycles. The molecule has 236 valence electrons. The van der Waals surface area contributed by atoms with Gasteiger partial charge in [0.15, 0.2) is 0 Å². The van der Waals surface area contributed by atoms with Crippen LogP contribution < -0.4 is 0 Å². The van der Waals surface area contributed by atoms with Crippen molar-refractivity contribution in [2.45, 2.75) is 0 Å². The first-order valence-corrected chi connectivity index (χ1v) is 18.4. The van der Waals surface area contributed by atoms with E-state index in [-0.39, 0.29) is 0 Å². The van der Waals surface area contributed by atoms with E-state index in [9.17, 15) is 0 Å². The van der Waals surface area contributed by atoms with E-state index in [4.69, 9.17) is 0 Å². The summed E-state index contributed by atoms with van der Waals surface area (Å²) in [7, 11) is 0. The highest BCUT2D eigenvalue weighted by Crippen LogP contribution is 2.50. The Balaban J connectivity index is 1.18.